The van der Waals surface area contributed by atoms with Gasteiger partial charge in [0, 0.05) is 0 Å². The van der Waals surface area contributed by atoms with Gasteiger partial charge in [0.15, 0.2) is 8.32 Å². The third-order valence-electron chi connectivity index (χ3n) is 2.44. The van der Waals surface area contributed by atoms with Crippen molar-refractivity contribution in [1.29, 1.82) is 0 Å². The van der Waals surface area contributed by atoms with Gasteiger partial charge in [-0.3, -0.25) is 0 Å². The SMILES string of the molecule is CC(C)(C)[Si](C)(C)OC/C=C/I. The highest BCUT2D eigenvalue weighted by Gasteiger charge is 2.36. The maximum absolute atomic E-state index is 5.88. The lowest BCUT2D eigenvalue weighted by Gasteiger charge is -2.35. The second kappa shape index (κ2) is 4.76. The van der Waals surface area contributed by atoms with E-state index < -0.39 is 8.32 Å². The molecule has 0 radical (unpaired) electrons. The van der Waals surface area contributed by atoms with Crippen LogP contribution >= 0.6 is 22.6 Å². The Morgan fingerprint density at radius 2 is 1.83 bits per heavy atom. The van der Waals surface area contributed by atoms with Crippen molar-refractivity contribution in [3.05, 3.63) is 10.2 Å². The van der Waals surface area contributed by atoms with Gasteiger partial charge in [-0.25, -0.2) is 0 Å². The molecule has 72 valence electrons. The summed E-state index contributed by atoms with van der Waals surface area (Å²) in [6.07, 6.45) is 2.06. The van der Waals surface area contributed by atoms with E-state index in [4.69, 9.17) is 4.43 Å². The van der Waals surface area contributed by atoms with E-state index in [0.29, 0.717) is 5.04 Å². The number of hydrogen-bond donors (Lipinski definition) is 0. The van der Waals surface area contributed by atoms with Crippen LogP contribution in [0.25, 0.3) is 0 Å². The van der Waals surface area contributed by atoms with Gasteiger partial charge < -0.3 is 4.43 Å². The van der Waals surface area contributed by atoms with E-state index in [2.05, 4.69) is 62.5 Å². The van der Waals surface area contributed by atoms with Crippen LogP contribution in [-0.4, -0.2) is 14.9 Å². The van der Waals surface area contributed by atoms with Crippen LogP contribution in [-0.2, 0) is 4.43 Å². The summed E-state index contributed by atoms with van der Waals surface area (Å²) in [6.45, 7) is 12.1. The van der Waals surface area contributed by atoms with Gasteiger partial charge in [-0.15, -0.1) is 0 Å². The second-order valence-corrected chi connectivity index (χ2v) is 9.96. The molecule has 0 aromatic carbocycles. The summed E-state index contributed by atoms with van der Waals surface area (Å²) in [6, 6.07) is 0. The summed E-state index contributed by atoms with van der Waals surface area (Å²) < 4.78 is 7.89. The molecule has 0 amide bonds. The first-order valence-electron chi connectivity index (χ1n) is 4.20. The maximum atomic E-state index is 5.88. The van der Waals surface area contributed by atoms with Crippen molar-refractivity contribution in [3.63, 3.8) is 0 Å². The van der Waals surface area contributed by atoms with E-state index in [-0.39, 0.29) is 0 Å². The molecule has 0 heterocycles. The van der Waals surface area contributed by atoms with E-state index in [1.807, 2.05) is 4.08 Å². The van der Waals surface area contributed by atoms with Crippen molar-refractivity contribution in [2.45, 2.75) is 38.9 Å². The van der Waals surface area contributed by atoms with Crippen molar-refractivity contribution in [3.8, 4) is 0 Å². The zero-order valence-electron chi connectivity index (χ0n) is 8.65. The minimum atomic E-state index is -1.50. The van der Waals surface area contributed by atoms with Crippen LogP contribution in [0.4, 0.5) is 0 Å². The molecule has 0 bridgehead atoms. The van der Waals surface area contributed by atoms with Crippen LogP contribution in [0.3, 0.4) is 0 Å². The van der Waals surface area contributed by atoms with Gasteiger partial charge in [0.05, 0.1) is 6.61 Å². The fourth-order valence-corrected chi connectivity index (χ4v) is 1.66. The van der Waals surface area contributed by atoms with Crippen molar-refractivity contribution in [2.24, 2.45) is 0 Å². The number of halogens is 1. The maximum Gasteiger partial charge on any atom is 0.192 e. The third-order valence-corrected chi connectivity index (χ3v) is 7.44. The highest BCUT2D eigenvalue weighted by Crippen LogP contribution is 2.36. The Morgan fingerprint density at radius 3 is 2.17 bits per heavy atom. The van der Waals surface area contributed by atoms with Gasteiger partial charge in [-0.05, 0) is 22.2 Å². The van der Waals surface area contributed by atoms with Crippen LogP contribution in [0, 0.1) is 0 Å². The van der Waals surface area contributed by atoms with Crippen molar-refractivity contribution in [1.82, 2.24) is 0 Å². The molecule has 0 aliphatic carbocycles. The fourth-order valence-electron chi connectivity index (χ4n) is 0.509. The average molecular weight is 298 g/mol. The summed E-state index contributed by atoms with van der Waals surface area (Å²) in [5.74, 6) is 0. The quantitative estimate of drug-likeness (QED) is 0.566. The lowest BCUT2D eigenvalue weighted by molar-refractivity contribution is 0.328. The topological polar surface area (TPSA) is 9.23 Å². The van der Waals surface area contributed by atoms with E-state index in [9.17, 15) is 0 Å². The molecule has 0 saturated heterocycles. The predicted octanol–water partition coefficient (Wildman–Crippen LogP) is 3.96. The number of hydrogen-bond acceptors (Lipinski definition) is 1. The van der Waals surface area contributed by atoms with Crippen LogP contribution < -0.4 is 0 Å². The average Bonchev–Trinajstić information content (AvgIpc) is 1.85. The summed E-state index contributed by atoms with van der Waals surface area (Å²) in [5, 5.41) is 0.326. The van der Waals surface area contributed by atoms with Gasteiger partial charge in [0.1, 0.15) is 0 Å². The molecule has 12 heavy (non-hydrogen) atoms. The van der Waals surface area contributed by atoms with Crippen LogP contribution in [0.15, 0.2) is 10.2 Å². The normalized spacial score (nSPS) is 14.2. The van der Waals surface area contributed by atoms with Crippen molar-refractivity contribution in [2.75, 3.05) is 6.61 Å². The van der Waals surface area contributed by atoms with Crippen LogP contribution in [0.1, 0.15) is 20.8 Å². The molecule has 0 rings (SSSR count). The first kappa shape index (κ1) is 12.6. The fraction of sp³-hybridized carbons (Fsp3) is 0.778. The third kappa shape index (κ3) is 4.05. The summed E-state index contributed by atoms with van der Waals surface area (Å²) in [7, 11) is -1.50. The molecule has 0 aromatic rings. The first-order chi connectivity index (χ1) is 5.31. The zero-order chi connectivity index (χ0) is 9.83. The van der Waals surface area contributed by atoms with Crippen LogP contribution in [0.2, 0.25) is 18.1 Å². The minimum absolute atomic E-state index is 0.326. The zero-order valence-corrected chi connectivity index (χ0v) is 11.8. The van der Waals surface area contributed by atoms with Gasteiger partial charge in [0.2, 0.25) is 0 Å². The Kier molecular flexibility index (Phi) is 5.02. The Morgan fingerprint density at radius 1 is 1.33 bits per heavy atom. The molecule has 0 aliphatic heterocycles. The van der Waals surface area contributed by atoms with Gasteiger partial charge >= 0.3 is 0 Å². The highest BCUT2D eigenvalue weighted by molar-refractivity contribution is 14.1. The standard InChI is InChI=1S/C9H19IOSi/c1-9(2,3)12(4,5)11-8-6-7-10/h6-7H,8H2,1-5H3/b7-6+. The van der Waals surface area contributed by atoms with E-state index >= 15 is 0 Å². The molecule has 0 N–H and O–H groups in total. The Bertz CT molecular complexity index is 158. The van der Waals surface area contributed by atoms with Crippen LogP contribution in [0.5, 0.6) is 0 Å². The molecule has 1 nitrogen and oxygen atoms in total. The molecule has 0 spiro atoms. The molecule has 3 heteroatoms. The predicted molar refractivity (Wildman–Crippen MR) is 66.3 cm³/mol. The van der Waals surface area contributed by atoms with E-state index in [1.165, 1.54) is 0 Å². The van der Waals surface area contributed by atoms with Gasteiger partial charge in [0.25, 0.3) is 0 Å². The number of rotatable bonds is 3. The minimum Gasteiger partial charge on any atom is -0.413 e. The Hall–Kier alpha value is 0.647. The molecule has 0 saturated carbocycles. The summed E-state index contributed by atoms with van der Waals surface area (Å²) in [5.41, 5.74) is 0. The lowest BCUT2D eigenvalue weighted by Crippen LogP contribution is -2.40. The summed E-state index contributed by atoms with van der Waals surface area (Å²) in [4.78, 5) is 0. The smallest absolute Gasteiger partial charge is 0.192 e. The summed E-state index contributed by atoms with van der Waals surface area (Å²) >= 11 is 2.21. The molecule has 0 unspecified atom stereocenters. The first-order valence-corrected chi connectivity index (χ1v) is 8.36. The van der Waals surface area contributed by atoms with Crippen molar-refractivity contribution >= 4 is 30.9 Å². The van der Waals surface area contributed by atoms with Crippen molar-refractivity contribution < 1.29 is 4.43 Å². The Labute approximate surface area is 90.8 Å². The monoisotopic (exact) mass is 298 g/mol. The van der Waals surface area contributed by atoms with E-state index in [0.717, 1.165) is 6.61 Å². The van der Waals surface area contributed by atoms with Gasteiger partial charge in [-0.1, -0.05) is 49.4 Å². The second-order valence-electron chi connectivity index (χ2n) is 4.43. The molecule has 0 fully saturated rings. The highest BCUT2D eigenvalue weighted by atomic mass is 127. The molecule has 0 aromatic heterocycles. The Balaban J connectivity index is 4.05. The lowest BCUT2D eigenvalue weighted by atomic mass is 10.2. The molecular formula is C9H19IOSi. The largest absolute Gasteiger partial charge is 0.413 e. The molecular weight excluding hydrogens is 279 g/mol. The van der Waals surface area contributed by atoms with E-state index in [1.54, 1.807) is 0 Å². The molecule has 0 atom stereocenters. The molecule has 0 aliphatic rings. The van der Waals surface area contributed by atoms with Gasteiger partial charge in [-0.2, -0.15) is 0 Å².